The maximum Gasteiger partial charge on any atom is 0.0793 e. The van der Waals surface area contributed by atoms with Gasteiger partial charge in [-0.1, -0.05) is 107 Å². The Bertz CT molecular complexity index is 2320. The molecule has 0 atom stereocenters. The van der Waals surface area contributed by atoms with Crippen LogP contribution in [0.1, 0.15) is 105 Å². The van der Waals surface area contributed by atoms with Gasteiger partial charge in [-0.15, -0.1) is 0 Å². The molecule has 7 aromatic rings. The van der Waals surface area contributed by atoms with Crippen molar-refractivity contribution < 1.29 is 0 Å². The van der Waals surface area contributed by atoms with E-state index in [4.69, 9.17) is 4.98 Å². The molecule has 1 nitrogen and oxygen atoms in total. The van der Waals surface area contributed by atoms with Gasteiger partial charge in [0.25, 0.3) is 0 Å². The predicted molar refractivity (Wildman–Crippen MR) is 204 cm³/mol. The van der Waals surface area contributed by atoms with Crippen LogP contribution in [0.2, 0.25) is 0 Å². The monoisotopic (exact) mass is 605 g/mol. The van der Waals surface area contributed by atoms with E-state index in [-0.39, 0.29) is 21.7 Å². The van der Waals surface area contributed by atoms with E-state index in [9.17, 15) is 0 Å². The van der Waals surface area contributed by atoms with Crippen LogP contribution in [0.25, 0.3) is 64.8 Å². The van der Waals surface area contributed by atoms with E-state index in [0.717, 1.165) is 18.4 Å². The third-order valence-electron chi connectivity index (χ3n) is 9.91. The smallest absolute Gasteiger partial charge is 0.0793 e. The van der Waals surface area contributed by atoms with Crippen molar-refractivity contribution in [1.82, 2.24) is 4.98 Å². The molecule has 1 heterocycles. The van der Waals surface area contributed by atoms with Gasteiger partial charge in [0.05, 0.1) is 5.52 Å². The van der Waals surface area contributed by atoms with Crippen molar-refractivity contribution >= 4 is 64.8 Å². The minimum atomic E-state index is 0.0130. The van der Waals surface area contributed by atoms with Crippen LogP contribution in [0.5, 0.6) is 0 Å². The van der Waals surface area contributed by atoms with Crippen LogP contribution < -0.4 is 0 Å². The number of nitrogens with zero attached hydrogens (tertiary/aromatic N) is 1. The molecule has 0 spiro atoms. The molecule has 1 aromatic heterocycles. The number of hydrogen-bond acceptors (Lipinski definition) is 1. The Morgan fingerprint density at radius 2 is 1.07 bits per heavy atom. The van der Waals surface area contributed by atoms with Gasteiger partial charge in [-0.05, 0) is 136 Å². The van der Waals surface area contributed by atoms with Crippen molar-refractivity contribution in [3.63, 3.8) is 0 Å². The fourth-order valence-corrected chi connectivity index (χ4v) is 7.79. The zero-order chi connectivity index (χ0) is 33.1. The Hall–Kier alpha value is -3.71. The molecule has 0 aliphatic carbocycles. The van der Waals surface area contributed by atoms with Crippen molar-refractivity contribution in [3.05, 3.63) is 89.1 Å². The molecule has 0 radical (unpaired) electrons. The number of rotatable bonds is 2. The van der Waals surface area contributed by atoms with Gasteiger partial charge in [-0.25, -0.2) is 0 Å². The molecule has 0 fully saturated rings. The molecule has 7 rings (SSSR count). The number of hydrogen-bond donors (Lipinski definition) is 0. The molecule has 0 aliphatic rings. The second-order valence-corrected chi connectivity index (χ2v) is 18.6. The summed E-state index contributed by atoms with van der Waals surface area (Å²) in [6.45, 7) is 28.1. The van der Waals surface area contributed by atoms with Gasteiger partial charge in [-0.2, -0.15) is 0 Å². The fraction of sp³-hybridized carbons (Fsp3) is 0.400. The van der Waals surface area contributed by atoms with E-state index in [2.05, 4.69) is 144 Å². The molecule has 46 heavy (non-hydrogen) atoms. The highest BCUT2D eigenvalue weighted by Gasteiger charge is 2.25. The molecule has 236 valence electrons. The summed E-state index contributed by atoms with van der Waals surface area (Å²) < 4.78 is 0. The molecule has 0 saturated carbocycles. The molecule has 0 bridgehead atoms. The van der Waals surface area contributed by atoms with E-state index in [0.29, 0.717) is 0 Å². The molecular weight excluding hydrogens is 555 g/mol. The van der Waals surface area contributed by atoms with E-state index in [1.54, 1.807) is 0 Å². The Balaban J connectivity index is 1.72. The lowest BCUT2D eigenvalue weighted by Gasteiger charge is -2.25. The summed E-state index contributed by atoms with van der Waals surface area (Å²) in [6, 6.07) is 24.3. The maximum atomic E-state index is 5.17. The molecule has 1 heteroatoms. The SMILES string of the molecule is CC(C)(C)Cc1cc(CC(C)(C)C)c2cc3c(cc2c1)c1nccc2c4ccc(C(C)(C)C)cc4c4cc(C(C)(C)C)cc3c4c21. The Labute approximate surface area is 275 Å². The summed E-state index contributed by atoms with van der Waals surface area (Å²) in [5, 5.41) is 14.6. The van der Waals surface area contributed by atoms with Crippen molar-refractivity contribution in [2.45, 2.75) is 107 Å². The normalized spacial score (nSPS) is 13.8. The van der Waals surface area contributed by atoms with E-state index in [1.165, 1.54) is 81.5 Å². The second kappa shape index (κ2) is 9.90. The first-order valence-electron chi connectivity index (χ1n) is 17.2. The summed E-state index contributed by atoms with van der Waals surface area (Å²) >= 11 is 0. The molecule has 0 saturated heterocycles. The second-order valence-electron chi connectivity index (χ2n) is 18.6. The van der Waals surface area contributed by atoms with E-state index >= 15 is 0 Å². The van der Waals surface area contributed by atoms with Gasteiger partial charge in [0.2, 0.25) is 0 Å². The minimum Gasteiger partial charge on any atom is -0.256 e. The highest BCUT2D eigenvalue weighted by molar-refractivity contribution is 6.40. The topological polar surface area (TPSA) is 12.9 Å². The van der Waals surface area contributed by atoms with Crippen LogP contribution in [0, 0.1) is 10.8 Å². The summed E-state index contributed by atoms with van der Waals surface area (Å²) in [6.07, 6.45) is 4.14. The van der Waals surface area contributed by atoms with Crippen molar-refractivity contribution in [3.8, 4) is 0 Å². The van der Waals surface area contributed by atoms with Crippen LogP contribution in [-0.2, 0) is 23.7 Å². The van der Waals surface area contributed by atoms with Crippen molar-refractivity contribution in [2.75, 3.05) is 0 Å². The van der Waals surface area contributed by atoms with Crippen molar-refractivity contribution in [1.29, 1.82) is 0 Å². The maximum absolute atomic E-state index is 5.17. The van der Waals surface area contributed by atoms with Gasteiger partial charge < -0.3 is 0 Å². The zero-order valence-corrected chi connectivity index (χ0v) is 30.2. The predicted octanol–water partition coefficient (Wildman–Crippen LogP) is 13.2. The highest BCUT2D eigenvalue weighted by atomic mass is 14.7. The molecule has 6 aromatic carbocycles. The number of pyridine rings is 1. The van der Waals surface area contributed by atoms with Crippen LogP contribution in [-0.4, -0.2) is 4.98 Å². The third-order valence-corrected chi connectivity index (χ3v) is 9.91. The van der Waals surface area contributed by atoms with Crippen molar-refractivity contribution in [2.24, 2.45) is 10.8 Å². The molecule has 0 aliphatic heterocycles. The molecule has 0 unspecified atom stereocenters. The average Bonchev–Trinajstić information content (AvgIpc) is 2.92. The van der Waals surface area contributed by atoms with Gasteiger partial charge in [0, 0.05) is 22.4 Å². The highest BCUT2D eigenvalue weighted by Crippen LogP contribution is 2.47. The number of aromatic nitrogens is 1. The lowest BCUT2D eigenvalue weighted by molar-refractivity contribution is 0.407. The lowest BCUT2D eigenvalue weighted by Crippen LogP contribution is -2.12. The first kappa shape index (κ1) is 30.9. The summed E-state index contributed by atoms with van der Waals surface area (Å²) in [5.74, 6) is 0. The Kier molecular flexibility index (Phi) is 6.65. The fourth-order valence-electron chi connectivity index (χ4n) is 7.79. The zero-order valence-electron chi connectivity index (χ0n) is 30.2. The standard InChI is InChI=1S/C45H51N/c1-42(2,3)24-26-17-27-19-38-35(23-33(27)28(18-26)25-43(4,5)6)37-22-30(45(10,11)12)21-36-34-20-29(44(7,8)9)13-14-31(34)32-15-16-46-41(38)40(32)39(36)37/h13-23H,24-25H2,1-12H3. The van der Waals surface area contributed by atoms with Gasteiger partial charge in [0.1, 0.15) is 0 Å². The minimum absolute atomic E-state index is 0.0130. The van der Waals surface area contributed by atoms with Crippen LogP contribution in [0.3, 0.4) is 0 Å². The van der Waals surface area contributed by atoms with Crippen LogP contribution in [0.15, 0.2) is 66.9 Å². The van der Waals surface area contributed by atoms with Gasteiger partial charge in [-0.3, -0.25) is 4.98 Å². The average molecular weight is 606 g/mol. The molecule has 0 N–H and O–H groups in total. The largest absolute Gasteiger partial charge is 0.256 e. The number of benzene rings is 6. The van der Waals surface area contributed by atoms with Crippen LogP contribution in [0.4, 0.5) is 0 Å². The molecule has 0 amide bonds. The Morgan fingerprint density at radius 3 is 1.67 bits per heavy atom. The quantitative estimate of drug-likeness (QED) is 0.141. The summed E-state index contributed by atoms with van der Waals surface area (Å²) in [4.78, 5) is 5.17. The first-order valence-corrected chi connectivity index (χ1v) is 17.2. The van der Waals surface area contributed by atoms with Crippen LogP contribution >= 0.6 is 0 Å². The first-order chi connectivity index (χ1) is 21.3. The van der Waals surface area contributed by atoms with E-state index in [1.807, 2.05) is 6.20 Å². The lowest BCUT2D eigenvalue weighted by atomic mass is 9.79. The number of fused-ring (bicyclic) bond motifs is 7. The van der Waals surface area contributed by atoms with Gasteiger partial charge in [0.15, 0.2) is 0 Å². The van der Waals surface area contributed by atoms with Gasteiger partial charge >= 0.3 is 0 Å². The summed E-state index contributed by atoms with van der Waals surface area (Å²) in [5.41, 5.74) is 7.26. The third kappa shape index (κ3) is 5.21. The molecular formula is C45H51N. The Morgan fingerprint density at radius 1 is 0.457 bits per heavy atom. The summed E-state index contributed by atoms with van der Waals surface area (Å²) in [7, 11) is 0. The van der Waals surface area contributed by atoms with E-state index < -0.39 is 0 Å².